The molecule has 0 bridgehead atoms. The highest BCUT2D eigenvalue weighted by atomic mass is 35.5. The number of carboxylic acid groups (broad SMARTS) is 1. The Labute approximate surface area is 112 Å². The van der Waals surface area contributed by atoms with Gasteiger partial charge in [0.1, 0.15) is 5.03 Å². The summed E-state index contributed by atoms with van der Waals surface area (Å²) >= 11 is 5.52. The molecule has 0 radical (unpaired) electrons. The average molecular weight is 301 g/mol. The summed E-state index contributed by atoms with van der Waals surface area (Å²) in [6.07, 6.45) is -3.49. The van der Waals surface area contributed by atoms with E-state index in [9.17, 15) is 22.8 Å². The van der Waals surface area contributed by atoms with Crippen molar-refractivity contribution in [3.05, 3.63) is 11.1 Å². The quantitative estimate of drug-likeness (QED) is 0.640. The van der Waals surface area contributed by atoms with Crippen molar-refractivity contribution in [2.45, 2.75) is 20.0 Å². The van der Waals surface area contributed by atoms with Crippen LogP contribution in [0.5, 0.6) is 0 Å². The zero-order chi connectivity index (χ0) is 15.0. The van der Waals surface area contributed by atoms with Gasteiger partial charge in [-0.2, -0.15) is 13.2 Å². The highest BCUT2D eigenvalue weighted by molar-refractivity contribution is 6.41. The molecule has 4 nitrogen and oxygen atoms in total. The maximum atomic E-state index is 11.8. The number of carbonyl (C=O) groups is 2. The Morgan fingerprint density at radius 1 is 1.42 bits per heavy atom. The van der Waals surface area contributed by atoms with E-state index in [2.05, 4.69) is 4.74 Å². The fourth-order valence-corrected chi connectivity index (χ4v) is 2.09. The zero-order valence-electron chi connectivity index (χ0n) is 10.1. The Kier molecular flexibility index (Phi) is 4.19. The first-order chi connectivity index (χ1) is 8.47. The molecule has 1 fully saturated rings. The van der Waals surface area contributed by atoms with E-state index in [-0.39, 0.29) is 0 Å². The summed E-state index contributed by atoms with van der Waals surface area (Å²) in [7, 11) is 0. The number of carbonyl (C=O) groups excluding carboxylic acids is 1. The van der Waals surface area contributed by atoms with Crippen molar-refractivity contribution in [3.63, 3.8) is 0 Å². The molecule has 19 heavy (non-hydrogen) atoms. The van der Waals surface area contributed by atoms with Gasteiger partial charge in [-0.25, -0.2) is 4.79 Å². The van der Waals surface area contributed by atoms with Crippen LogP contribution in [0.4, 0.5) is 13.2 Å². The fraction of sp³-hybridized carbons (Fsp3) is 0.636. The lowest BCUT2D eigenvalue weighted by molar-refractivity contribution is -0.183. The monoisotopic (exact) mass is 300 g/mol. The first kappa shape index (κ1) is 15.8. The number of aliphatic carboxylic acids is 1. The molecule has 1 rings (SSSR count). The molecular weight excluding hydrogens is 289 g/mol. The van der Waals surface area contributed by atoms with Crippen LogP contribution in [-0.4, -0.2) is 29.8 Å². The summed E-state index contributed by atoms with van der Waals surface area (Å²) in [6, 6.07) is 0. The summed E-state index contributed by atoms with van der Waals surface area (Å²) in [4.78, 5) is 22.0. The van der Waals surface area contributed by atoms with Crippen LogP contribution < -0.4 is 0 Å². The molecule has 0 aromatic carbocycles. The molecule has 0 saturated heterocycles. The predicted molar refractivity (Wildman–Crippen MR) is 59.3 cm³/mol. The van der Waals surface area contributed by atoms with Gasteiger partial charge in [0.15, 0.2) is 6.61 Å². The minimum Gasteiger partial charge on any atom is -0.481 e. The lowest BCUT2D eigenvalue weighted by atomic mass is 10.1. The maximum Gasteiger partial charge on any atom is 0.422 e. The number of esters is 1. The SMILES string of the molecule is CC1(C)C(C=C(Cl)C(=O)OCC(F)(F)F)C1C(=O)O. The van der Waals surface area contributed by atoms with E-state index in [4.69, 9.17) is 16.7 Å². The third-order valence-corrected chi connectivity index (χ3v) is 3.34. The highest BCUT2D eigenvalue weighted by Gasteiger charge is 2.61. The van der Waals surface area contributed by atoms with Crippen molar-refractivity contribution >= 4 is 23.5 Å². The van der Waals surface area contributed by atoms with Crippen molar-refractivity contribution in [2.75, 3.05) is 6.61 Å². The number of carboxylic acids is 1. The third-order valence-electron chi connectivity index (χ3n) is 3.06. The first-order valence-corrected chi connectivity index (χ1v) is 5.68. The van der Waals surface area contributed by atoms with Crippen LogP contribution in [0.15, 0.2) is 11.1 Å². The van der Waals surface area contributed by atoms with Crippen LogP contribution in [0.2, 0.25) is 0 Å². The largest absolute Gasteiger partial charge is 0.481 e. The van der Waals surface area contributed by atoms with Crippen LogP contribution in [0.3, 0.4) is 0 Å². The molecule has 0 aliphatic heterocycles. The normalized spacial score (nSPS) is 25.9. The van der Waals surface area contributed by atoms with Gasteiger partial charge >= 0.3 is 18.1 Å². The highest BCUT2D eigenvalue weighted by Crippen LogP contribution is 2.59. The Morgan fingerprint density at radius 2 is 1.95 bits per heavy atom. The van der Waals surface area contributed by atoms with Crippen molar-refractivity contribution in [1.82, 2.24) is 0 Å². The molecule has 2 unspecified atom stereocenters. The van der Waals surface area contributed by atoms with Crippen molar-refractivity contribution in [3.8, 4) is 0 Å². The van der Waals surface area contributed by atoms with E-state index in [0.717, 1.165) is 6.08 Å². The Bertz CT molecular complexity index is 428. The number of ether oxygens (including phenoxy) is 1. The van der Waals surface area contributed by atoms with Crippen LogP contribution in [0.25, 0.3) is 0 Å². The van der Waals surface area contributed by atoms with Gasteiger partial charge in [-0.05, 0) is 11.3 Å². The molecule has 0 aromatic rings. The molecule has 2 atom stereocenters. The molecule has 0 aromatic heterocycles. The Balaban J connectivity index is 2.64. The van der Waals surface area contributed by atoms with Gasteiger partial charge in [-0.15, -0.1) is 0 Å². The molecule has 1 aliphatic rings. The Morgan fingerprint density at radius 3 is 2.32 bits per heavy atom. The predicted octanol–water partition coefficient (Wildman–Crippen LogP) is 2.57. The summed E-state index contributed by atoms with van der Waals surface area (Å²) in [6.45, 7) is 1.60. The second-order valence-corrected chi connectivity index (χ2v) is 5.28. The zero-order valence-corrected chi connectivity index (χ0v) is 10.9. The number of hydrogen-bond acceptors (Lipinski definition) is 3. The lowest BCUT2D eigenvalue weighted by Crippen LogP contribution is -2.20. The van der Waals surface area contributed by atoms with Gasteiger partial charge < -0.3 is 9.84 Å². The molecule has 1 N–H and O–H groups in total. The van der Waals surface area contributed by atoms with E-state index >= 15 is 0 Å². The standard InChI is InChI=1S/C11H12ClF3O4/c1-10(2)5(7(10)8(16)17)3-6(12)9(18)19-4-11(13,14)15/h3,5,7H,4H2,1-2H3,(H,16,17). The first-order valence-electron chi connectivity index (χ1n) is 5.31. The van der Waals surface area contributed by atoms with Gasteiger partial charge in [-0.1, -0.05) is 31.5 Å². The summed E-state index contributed by atoms with van der Waals surface area (Å²) < 4.78 is 39.4. The number of alkyl halides is 3. The molecule has 8 heteroatoms. The van der Waals surface area contributed by atoms with Gasteiger partial charge in [0.05, 0.1) is 5.92 Å². The number of hydrogen-bond donors (Lipinski definition) is 1. The topological polar surface area (TPSA) is 63.6 Å². The lowest BCUT2D eigenvalue weighted by Gasteiger charge is -2.07. The van der Waals surface area contributed by atoms with E-state index in [1.54, 1.807) is 13.8 Å². The molecular formula is C11H12ClF3O4. The summed E-state index contributed by atoms with van der Waals surface area (Å²) in [5.74, 6) is -3.57. The second kappa shape index (κ2) is 5.03. The van der Waals surface area contributed by atoms with Crippen molar-refractivity contribution in [2.24, 2.45) is 17.3 Å². The minimum absolute atomic E-state index is 0.504. The molecule has 0 amide bonds. The maximum absolute atomic E-state index is 11.8. The van der Waals surface area contributed by atoms with Gasteiger partial charge in [0.25, 0.3) is 0 Å². The molecule has 1 saturated carbocycles. The van der Waals surface area contributed by atoms with E-state index in [0.29, 0.717) is 0 Å². The fourth-order valence-electron chi connectivity index (χ4n) is 1.90. The molecule has 0 heterocycles. The van der Waals surface area contributed by atoms with E-state index in [1.165, 1.54) is 0 Å². The van der Waals surface area contributed by atoms with Crippen molar-refractivity contribution in [1.29, 1.82) is 0 Å². The van der Waals surface area contributed by atoms with E-state index in [1.807, 2.05) is 0 Å². The number of allylic oxidation sites excluding steroid dienone is 1. The third kappa shape index (κ3) is 3.86. The Hall–Kier alpha value is -1.24. The molecule has 0 spiro atoms. The van der Waals surface area contributed by atoms with Crippen LogP contribution in [-0.2, 0) is 14.3 Å². The smallest absolute Gasteiger partial charge is 0.422 e. The van der Waals surface area contributed by atoms with Gasteiger partial charge in [-0.3, -0.25) is 4.79 Å². The van der Waals surface area contributed by atoms with Gasteiger partial charge in [0, 0.05) is 0 Å². The van der Waals surface area contributed by atoms with Crippen LogP contribution >= 0.6 is 11.6 Å². The van der Waals surface area contributed by atoms with Crippen LogP contribution in [0.1, 0.15) is 13.8 Å². The number of rotatable bonds is 4. The molecule has 108 valence electrons. The summed E-state index contributed by atoms with van der Waals surface area (Å²) in [5.41, 5.74) is -0.587. The summed E-state index contributed by atoms with van der Waals surface area (Å²) in [5, 5.41) is 8.35. The number of halogens is 4. The molecule has 1 aliphatic carbocycles. The minimum atomic E-state index is -4.63. The van der Waals surface area contributed by atoms with Gasteiger partial charge in [0.2, 0.25) is 0 Å². The second-order valence-electron chi connectivity index (χ2n) is 4.87. The van der Waals surface area contributed by atoms with Crippen molar-refractivity contribution < 1.29 is 32.6 Å². The van der Waals surface area contributed by atoms with Crippen LogP contribution in [0, 0.1) is 17.3 Å². The van der Waals surface area contributed by atoms with E-state index < -0.39 is 47.0 Å². The average Bonchev–Trinajstić information content (AvgIpc) is 2.75.